The molecule has 2 aromatic rings. The van der Waals surface area contributed by atoms with Crippen molar-refractivity contribution >= 4 is 29.5 Å². The number of carboxylic acid groups (broad SMARTS) is 1. The van der Waals surface area contributed by atoms with Gasteiger partial charge in [-0.05, 0) is 36.2 Å². The minimum Gasteiger partial charge on any atom is -0.478 e. The number of nitrogens with zero attached hydrogens (tertiary/aromatic N) is 1. The van der Waals surface area contributed by atoms with Crippen LogP contribution in [-0.4, -0.2) is 17.3 Å². The van der Waals surface area contributed by atoms with E-state index in [4.69, 9.17) is 16.7 Å². The van der Waals surface area contributed by atoms with Crippen molar-refractivity contribution in [1.82, 2.24) is 0 Å². The molecular formula is C15H12ClNO2. The van der Waals surface area contributed by atoms with Gasteiger partial charge in [0.25, 0.3) is 0 Å². The largest absolute Gasteiger partial charge is 0.478 e. The Labute approximate surface area is 116 Å². The fourth-order valence-electron chi connectivity index (χ4n) is 1.59. The Morgan fingerprint density at radius 2 is 1.89 bits per heavy atom. The van der Waals surface area contributed by atoms with Crippen molar-refractivity contribution in [2.45, 2.75) is 6.92 Å². The van der Waals surface area contributed by atoms with Gasteiger partial charge in [-0.3, -0.25) is 4.99 Å². The average molecular weight is 274 g/mol. The lowest BCUT2D eigenvalue weighted by Gasteiger charge is -2.01. The SMILES string of the molecule is Cc1cccc(N=Cc2ccc(C(=O)O)cc2)c1Cl. The second kappa shape index (κ2) is 5.67. The standard InChI is InChI=1S/C15H12ClNO2/c1-10-3-2-4-13(14(10)16)17-9-11-5-7-12(8-6-11)15(18)19/h2-9H,1H3,(H,18,19). The molecule has 0 spiro atoms. The highest BCUT2D eigenvalue weighted by Gasteiger charge is 2.02. The molecule has 19 heavy (non-hydrogen) atoms. The van der Waals surface area contributed by atoms with Gasteiger partial charge in [0.1, 0.15) is 0 Å². The first-order chi connectivity index (χ1) is 9.08. The molecule has 2 aromatic carbocycles. The number of rotatable bonds is 3. The van der Waals surface area contributed by atoms with E-state index >= 15 is 0 Å². The number of benzene rings is 2. The number of hydrogen-bond donors (Lipinski definition) is 1. The first kappa shape index (κ1) is 13.3. The molecule has 3 nitrogen and oxygen atoms in total. The molecule has 0 radical (unpaired) electrons. The fraction of sp³-hybridized carbons (Fsp3) is 0.0667. The van der Waals surface area contributed by atoms with E-state index in [1.807, 2.05) is 25.1 Å². The maximum absolute atomic E-state index is 10.7. The Morgan fingerprint density at radius 3 is 2.53 bits per heavy atom. The molecule has 0 heterocycles. The lowest BCUT2D eigenvalue weighted by molar-refractivity contribution is 0.0697. The Kier molecular flexibility index (Phi) is 3.97. The molecule has 0 amide bonds. The summed E-state index contributed by atoms with van der Waals surface area (Å²) in [6, 6.07) is 12.1. The van der Waals surface area contributed by atoms with E-state index in [1.165, 1.54) is 0 Å². The van der Waals surface area contributed by atoms with Crippen molar-refractivity contribution in [3.63, 3.8) is 0 Å². The summed E-state index contributed by atoms with van der Waals surface area (Å²) >= 11 is 6.13. The van der Waals surface area contributed by atoms with Crippen LogP contribution in [0.4, 0.5) is 5.69 Å². The van der Waals surface area contributed by atoms with Crippen LogP contribution in [0.25, 0.3) is 0 Å². The molecule has 0 saturated carbocycles. The van der Waals surface area contributed by atoms with Gasteiger partial charge in [-0.2, -0.15) is 0 Å². The van der Waals surface area contributed by atoms with Gasteiger partial charge in [0.05, 0.1) is 16.3 Å². The molecule has 0 unspecified atom stereocenters. The van der Waals surface area contributed by atoms with Crippen molar-refractivity contribution in [3.8, 4) is 0 Å². The van der Waals surface area contributed by atoms with E-state index < -0.39 is 5.97 Å². The lowest BCUT2D eigenvalue weighted by Crippen LogP contribution is -1.95. The molecule has 0 bridgehead atoms. The number of aryl methyl sites for hydroxylation is 1. The number of halogens is 1. The van der Waals surface area contributed by atoms with E-state index in [2.05, 4.69) is 4.99 Å². The summed E-state index contributed by atoms with van der Waals surface area (Å²) in [5.41, 5.74) is 2.75. The maximum Gasteiger partial charge on any atom is 0.335 e. The van der Waals surface area contributed by atoms with E-state index in [1.54, 1.807) is 30.5 Å². The second-order valence-electron chi connectivity index (χ2n) is 4.09. The first-order valence-electron chi connectivity index (χ1n) is 5.70. The fourth-order valence-corrected chi connectivity index (χ4v) is 1.76. The predicted molar refractivity (Wildman–Crippen MR) is 76.8 cm³/mol. The number of hydrogen-bond acceptors (Lipinski definition) is 2. The van der Waals surface area contributed by atoms with Crippen LogP contribution < -0.4 is 0 Å². The predicted octanol–water partition coefficient (Wildman–Crippen LogP) is 4.10. The van der Waals surface area contributed by atoms with Crippen LogP contribution in [0, 0.1) is 6.92 Å². The minimum absolute atomic E-state index is 0.255. The lowest BCUT2D eigenvalue weighted by atomic mass is 10.1. The summed E-state index contributed by atoms with van der Waals surface area (Å²) in [6.45, 7) is 1.92. The second-order valence-corrected chi connectivity index (χ2v) is 4.47. The molecule has 0 fully saturated rings. The zero-order valence-electron chi connectivity index (χ0n) is 10.3. The van der Waals surface area contributed by atoms with Gasteiger partial charge in [-0.15, -0.1) is 0 Å². The van der Waals surface area contributed by atoms with E-state index in [9.17, 15) is 4.79 Å². The topological polar surface area (TPSA) is 49.7 Å². The Bertz CT molecular complexity index is 633. The van der Waals surface area contributed by atoms with Crippen LogP contribution in [0.15, 0.2) is 47.5 Å². The number of carbonyl (C=O) groups is 1. The Hall–Kier alpha value is -2.13. The molecule has 96 valence electrons. The van der Waals surface area contributed by atoms with Gasteiger partial charge in [-0.25, -0.2) is 4.79 Å². The zero-order chi connectivity index (χ0) is 13.8. The van der Waals surface area contributed by atoms with Crippen LogP contribution in [-0.2, 0) is 0 Å². The highest BCUT2D eigenvalue weighted by Crippen LogP contribution is 2.27. The summed E-state index contributed by atoms with van der Waals surface area (Å²) in [7, 11) is 0. The third kappa shape index (κ3) is 3.20. The normalized spacial score (nSPS) is 10.8. The molecule has 2 rings (SSSR count). The maximum atomic E-state index is 10.7. The quantitative estimate of drug-likeness (QED) is 0.856. The van der Waals surface area contributed by atoms with Gasteiger partial charge >= 0.3 is 5.97 Å². The minimum atomic E-state index is -0.940. The number of aromatic carboxylic acids is 1. The molecule has 4 heteroatoms. The molecule has 0 saturated heterocycles. The molecule has 1 N–H and O–H groups in total. The molecule has 0 aliphatic heterocycles. The molecule has 0 atom stereocenters. The van der Waals surface area contributed by atoms with Crippen LogP contribution in [0.5, 0.6) is 0 Å². The van der Waals surface area contributed by atoms with E-state index in [0.29, 0.717) is 10.7 Å². The molecular weight excluding hydrogens is 262 g/mol. The number of carboxylic acids is 1. The Morgan fingerprint density at radius 1 is 1.21 bits per heavy atom. The van der Waals surface area contributed by atoms with Gasteiger partial charge in [0, 0.05) is 6.21 Å². The highest BCUT2D eigenvalue weighted by atomic mass is 35.5. The van der Waals surface area contributed by atoms with Crippen molar-refractivity contribution in [2.75, 3.05) is 0 Å². The van der Waals surface area contributed by atoms with Crippen LogP contribution in [0.3, 0.4) is 0 Å². The monoisotopic (exact) mass is 273 g/mol. The molecule has 0 aliphatic carbocycles. The van der Waals surface area contributed by atoms with Crippen molar-refractivity contribution in [3.05, 3.63) is 64.2 Å². The van der Waals surface area contributed by atoms with E-state index in [0.717, 1.165) is 11.1 Å². The van der Waals surface area contributed by atoms with Crippen LogP contribution in [0.1, 0.15) is 21.5 Å². The average Bonchev–Trinajstić information content (AvgIpc) is 2.41. The summed E-state index contributed by atoms with van der Waals surface area (Å²) in [5, 5.41) is 9.43. The summed E-state index contributed by atoms with van der Waals surface area (Å²) in [4.78, 5) is 15.0. The van der Waals surface area contributed by atoms with Crippen molar-refractivity contribution < 1.29 is 9.90 Å². The molecule has 0 aromatic heterocycles. The third-order valence-electron chi connectivity index (χ3n) is 2.68. The van der Waals surface area contributed by atoms with Crippen molar-refractivity contribution in [1.29, 1.82) is 0 Å². The van der Waals surface area contributed by atoms with E-state index in [-0.39, 0.29) is 5.56 Å². The van der Waals surface area contributed by atoms with Gasteiger partial charge in [-0.1, -0.05) is 35.9 Å². The smallest absolute Gasteiger partial charge is 0.335 e. The molecule has 0 aliphatic rings. The Balaban J connectivity index is 2.23. The van der Waals surface area contributed by atoms with Gasteiger partial charge in [0.2, 0.25) is 0 Å². The third-order valence-corrected chi connectivity index (χ3v) is 3.17. The van der Waals surface area contributed by atoms with Crippen LogP contribution in [0.2, 0.25) is 5.02 Å². The van der Waals surface area contributed by atoms with Crippen LogP contribution >= 0.6 is 11.6 Å². The summed E-state index contributed by atoms with van der Waals surface area (Å²) in [5.74, 6) is -0.940. The van der Waals surface area contributed by atoms with Gasteiger partial charge in [0.15, 0.2) is 0 Å². The number of aliphatic imine (C=N–C) groups is 1. The first-order valence-corrected chi connectivity index (χ1v) is 6.08. The summed E-state index contributed by atoms with van der Waals surface area (Å²) < 4.78 is 0. The zero-order valence-corrected chi connectivity index (χ0v) is 11.1. The van der Waals surface area contributed by atoms with Crippen molar-refractivity contribution in [2.24, 2.45) is 4.99 Å². The highest BCUT2D eigenvalue weighted by molar-refractivity contribution is 6.33. The summed E-state index contributed by atoms with van der Waals surface area (Å²) in [6.07, 6.45) is 1.66. The van der Waals surface area contributed by atoms with Gasteiger partial charge < -0.3 is 5.11 Å².